The molecule has 0 amide bonds. The minimum absolute atomic E-state index is 0.0391. The fourth-order valence-corrected chi connectivity index (χ4v) is 4.16. The van der Waals surface area contributed by atoms with Crippen LogP contribution in [0.4, 0.5) is 23.3 Å². The number of ether oxygens (including phenoxy) is 1. The number of rotatable bonds is 3. The molecule has 0 aromatic carbocycles. The molecular weight excluding hydrogens is 336 g/mol. The van der Waals surface area contributed by atoms with Crippen molar-refractivity contribution in [2.45, 2.75) is 46.3 Å². The van der Waals surface area contributed by atoms with Gasteiger partial charge in [-0.25, -0.2) is 0 Å². The summed E-state index contributed by atoms with van der Waals surface area (Å²) in [6.45, 7) is 11.0. The second-order valence-electron chi connectivity index (χ2n) is 7.85. The van der Waals surface area contributed by atoms with E-state index in [2.05, 4.69) is 23.8 Å². The van der Waals surface area contributed by atoms with E-state index in [9.17, 15) is 10.1 Å². The molecule has 2 aliphatic rings. The van der Waals surface area contributed by atoms with Gasteiger partial charge in [-0.05, 0) is 32.1 Å². The largest absolute Gasteiger partial charge is 0.378 e. The average Bonchev–Trinajstić information content (AvgIpc) is 2.51. The van der Waals surface area contributed by atoms with E-state index in [4.69, 9.17) is 10.5 Å². The molecule has 9 heteroatoms. The molecule has 3 rings (SSSR count). The summed E-state index contributed by atoms with van der Waals surface area (Å²) in [5.41, 5.74) is 5.81. The Bertz CT molecular complexity index is 665. The van der Waals surface area contributed by atoms with Gasteiger partial charge in [-0.15, -0.1) is 0 Å². The third kappa shape index (κ3) is 3.82. The molecule has 0 saturated carbocycles. The van der Waals surface area contributed by atoms with Crippen LogP contribution < -0.4 is 15.5 Å². The number of nitro groups is 1. The van der Waals surface area contributed by atoms with E-state index in [1.807, 2.05) is 23.6 Å². The van der Waals surface area contributed by atoms with Crippen molar-refractivity contribution in [2.24, 2.45) is 11.8 Å². The Kier molecular flexibility index (Phi) is 5.17. The van der Waals surface area contributed by atoms with Crippen molar-refractivity contribution in [3.8, 4) is 0 Å². The molecule has 0 aliphatic carbocycles. The molecule has 4 atom stereocenters. The first-order valence-corrected chi connectivity index (χ1v) is 9.21. The fraction of sp³-hybridized carbons (Fsp3) is 0.765. The molecular formula is C17H28N6O3. The molecule has 26 heavy (non-hydrogen) atoms. The number of nitrogens with zero attached hydrogens (tertiary/aromatic N) is 5. The monoisotopic (exact) mass is 364 g/mol. The molecule has 2 fully saturated rings. The number of piperidine rings is 1. The van der Waals surface area contributed by atoms with Gasteiger partial charge in [-0.3, -0.25) is 10.1 Å². The number of hydrogen-bond acceptors (Lipinski definition) is 8. The van der Waals surface area contributed by atoms with Gasteiger partial charge in [0.1, 0.15) is 0 Å². The summed E-state index contributed by atoms with van der Waals surface area (Å²) in [5.74, 6) is 1.59. The first-order valence-electron chi connectivity index (χ1n) is 9.21. The Morgan fingerprint density at radius 1 is 1.04 bits per heavy atom. The molecule has 0 radical (unpaired) electrons. The number of nitrogen functional groups attached to an aromatic ring is 1. The number of nitrogens with two attached hydrogens (primary N) is 1. The summed E-state index contributed by atoms with van der Waals surface area (Å²) in [5, 5.41) is 11.6. The molecule has 2 N–H and O–H groups in total. The van der Waals surface area contributed by atoms with E-state index < -0.39 is 4.92 Å². The van der Waals surface area contributed by atoms with Crippen LogP contribution in [0.25, 0.3) is 0 Å². The SMILES string of the molecule is C[C@@H]1C[C@@H](C)CN(c2nc(N3C[C@@H](C)O[C@@H](C)C3)nc(N)c2[N+](=O)[O-])C1. The molecule has 9 nitrogen and oxygen atoms in total. The smallest absolute Gasteiger partial charge is 0.353 e. The van der Waals surface area contributed by atoms with Crippen molar-refractivity contribution in [1.82, 2.24) is 9.97 Å². The highest BCUT2D eigenvalue weighted by Gasteiger charge is 2.33. The number of aromatic nitrogens is 2. The van der Waals surface area contributed by atoms with Crippen LogP contribution in [-0.4, -0.2) is 53.3 Å². The van der Waals surface area contributed by atoms with Gasteiger partial charge in [0.05, 0.1) is 17.1 Å². The van der Waals surface area contributed by atoms with Gasteiger partial charge in [-0.2, -0.15) is 9.97 Å². The second kappa shape index (κ2) is 7.22. The maximum Gasteiger partial charge on any atom is 0.353 e. The number of anilines is 3. The zero-order chi connectivity index (χ0) is 19.0. The standard InChI is InChI=1S/C17H28N6O3/c1-10-5-11(2)7-21(6-10)16-14(23(24)25)15(18)19-17(20-16)22-8-12(3)26-13(4)9-22/h10-13H,5-9H2,1-4H3,(H2,18,19,20)/t10-,11-,12-,13+/m1/s1. The van der Waals surface area contributed by atoms with E-state index in [1.54, 1.807) is 0 Å². The minimum Gasteiger partial charge on any atom is -0.378 e. The van der Waals surface area contributed by atoms with Crippen LogP contribution in [0.1, 0.15) is 34.1 Å². The van der Waals surface area contributed by atoms with Crippen LogP contribution in [0.5, 0.6) is 0 Å². The minimum atomic E-state index is -0.469. The Morgan fingerprint density at radius 2 is 1.62 bits per heavy atom. The van der Waals surface area contributed by atoms with Gasteiger partial charge in [0.2, 0.25) is 17.6 Å². The summed E-state index contributed by atoms with van der Waals surface area (Å²) in [6, 6.07) is 0. The van der Waals surface area contributed by atoms with Crippen LogP contribution >= 0.6 is 0 Å². The summed E-state index contributed by atoms with van der Waals surface area (Å²) in [6.07, 6.45) is 1.19. The molecule has 2 aliphatic heterocycles. The predicted octanol–water partition coefficient (Wildman–Crippen LogP) is 2.06. The molecule has 3 heterocycles. The lowest BCUT2D eigenvalue weighted by atomic mass is 9.92. The lowest BCUT2D eigenvalue weighted by Crippen LogP contribution is -2.46. The molecule has 0 unspecified atom stereocenters. The van der Waals surface area contributed by atoms with Gasteiger partial charge in [0.15, 0.2) is 0 Å². The summed E-state index contributed by atoms with van der Waals surface area (Å²) < 4.78 is 5.76. The third-order valence-corrected chi connectivity index (χ3v) is 4.93. The van der Waals surface area contributed by atoms with E-state index in [-0.39, 0.29) is 23.7 Å². The normalized spacial score (nSPS) is 29.7. The van der Waals surface area contributed by atoms with Crippen molar-refractivity contribution < 1.29 is 9.66 Å². The molecule has 144 valence electrons. The maximum atomic E-state index is 11.6. The number of hydrogen-bond donors (Lipinski definition) is 1. The van der Waals surface area contributed by atoms with Crippen LogP contribution in [0, 0.1) is 22.0 Å². The van der Waals surface area contributed by atoms with Crippen LogP contribution in [0.3, 0.4) is 0 Å². The van der Waals surface area contributed by atoms with E-state index in [1.165, 1.54) is 0 Å². The predicted molar refractivity (Wildman–Crippen MR) is 100 cm³/mol. The topological polar surface area (TPSA) is 111 Å². The first kappa shape index (κ1) is 18.6. The van der Waals surface area contributed by atoms with E-state index in [0.717, 1.165) is 19.5 Å². The Labute approximate surface area is 153 Å². The molecule has 1 aromatic heterocycles. The van der Waals surface area contributed by atoms with Gasteiger partial charge >= 0.3 is 5.69 Å². The molecule has 0 bridgehead atoms. The van der Waals surface area contributed by atoms with Crippen molar-refractivity contribution >= 4 is 23.3 Å². The average molecular weight is 364 g/mol. The Hall–Kier alpha value is -2.16. The summed E-state index contributed by atoms with van der Waals surface area (Å²) in [7, 11) is 0. The van der Waals surface area contributed by atoms with Crippen molar-refractivity contribution in [1.29, 1.82) is 0 Å². The second-order valence-corrected chi connectivity index (χ2v) is 7.85. The highest BCUT2D eigenvalue weighted by atomic mass is 16.6. The fourth-order valence-electron chi connectivity index (χ4n) is 4.16. The quantitative estimate of drug-likeness (QED) is 0.641. The van der Waals surface area contributed by atoms with Crippen LogP contribution in [0.2, 0.25) is 0 Å². The number of morpholine rings is 1. The van der Waals surface area contributed by atoms with Crippen molar-refractivity contribution in [3.05, 3.63) is 10.1 Å². The van der Waals surface area contributed by atoms with E-state index in [0.29, 0.717) is 36.7 Å². The zero-order valence-electron chi connectivity index (χ0n) is 15.9. The third-order valence-electron chi connectivity index (χ3n) is 4.93. The highest BCUT2D eigenvalue weighted by Crippen LogP contribution is 2.36. The first-order chi connectivity index (χ1) is 12.2. The lowest BCUT2D eigenvalue weighted by Gasteiger charge is -2.37. The highest BCUT2D eigenvalue weighted by molar-refractivity contribution is 5.71. The van der Waals surface area contributed by atoms with Gasteiger partial charge in [0, 0.05) is 26.2 Å². The van der Waals surface area contributed by atoms with E-state index >= 15 is 0 Å². The molecule has 2 saturated heterocycles. The molecule has 0 spiro atoms. The Morgan fingerprint density at radius 3 is 2.15 bits per heavy atom. The molecule has 1 aromatic rings. The van der Waals surface area contributed by atoms with Gasteiger partial charge in [0.25, 0.3) is 0 Å². The Balaban J connectivity index is 2.01. The van der Waals surface area contributed by atoms with Crippen LogP contribution in [0.15, 0.2) is 0 Å². The van der Waals surface area contributed by atoms with Crippen LogP contribution in [-0.2, 0) is 4.74 Å². The zero-order valence-corrected chi connectivity index (χ0v) is 15.9. The summed E-state index contributed by atoms with van der Waals surface area (Å²) in [4.78, 5) is 24.0. The summed E-state index contributed by atoms with van der Waals surface area (Å²) >= 11 is 0. The maximum absolute atomic E-state index is 11.6. The lowest BCUT2D eigenvalue weighted by molar-refractivity contribution is -0.383. The van der Waals surface area contributed by atoms with Gasteiger partial charge < -0.3 is 20.3 Å². The van der Waals surface area contributed by atoms with Crippen molar-refractivity contribution in [2.75, 3.05) is 41.7 Å². The van der Waals surface area contributed by atoms with Gasteiger partial charge in [-0.1, -0.05) is 13.8 Å². The van der Waals surface area contributed by atoms with Crippen molar-refractivity contribution in [3.63, 3.8) is 0 Å².